The van der Waals surface area contributed by atoms with E-state index in [1.807, 2.05) is 12.1 Å². The van der Waals surface area contributed by atoms with Crippen LogP contribution in [0.3, 0.4) is 0 Å². The number of rotatable bonds is 4. The molecule has 3 rings (SSSR count). The lowest BCUT2D eigenvalue weighted by Crippen LogP contribution is -2.25. The molecule has 0 bridgehead atoms. The number of esters is 1. The largest absolute Gasteiger partial charge is 0.468 e. The zero-order chi connectivity index (χ0) is 12.8. The van der Waals surface area contributed by atoms with Gasteiger partial charge in [0.1, 0.15) is 0 Å². The zero-order valence-electron chi connectivity index (χ0n) is 10.7. The van der Waals surface area contributed by atoms with Gasteiger partial charge in [-0.15, -0.1) is 0 Å². The summed E-state index contributed by atoms with van der Waals surface area (Å²) >= 11 is 0. The summed E-state index contributed by atoms with van der Waals surface area (Å²) in [4.78, 5) is 11.9. The maximum Gasteiger partial charge on any atom is 0.316 e. The Hall–Kier alpha value is -1.35. The van der Waals surface area contributed by atoms with Gasteiger partial charge < -0.3 is 10.5 Å². The minimum absolute atomic E-state index is 0.0145. The van der Waals surface area contributed by atoms with E-state index in [-0.39, 0.29) is 16.9 Å². The van der Waals surface area contributed by atoms with Gasteiger partial charge in [-0.1, -0.05) is 24.3 Å². The molecule has 3 nitrogen and oxygen atoms in total. The molecule has 2 saturated carbocycles. The fraction of sp³-hybridized carbons (Fsp3) is 0.533. The third-order valence-electron chi connectivity index (χ3n) is 4.25. The number of carbonyl (C=O) groups excluding carboxylic acids is 1. The number of nitrogens with two attached hydrogens (primary N) is 1. The van der Waals surface area contributed by atoms with Gasteiger partial charge in [0.25, 0.3) is 0 Å². The quantitative estimate of drug-likeness (QED) is 0.825. The third-order valence-corrected chi connectivity index (χ3v) is 4.25. The Morgan fingerprint density at radius 1 is 1.33 bits per heavy atom. The van der Waals surface area contributed by atoms with Crippen LogP contribution in [-0.2, 0) is 21.4 Å². The van der Waals surface area contributed by atoms with Gasteiger partial charge in [-0.05, 0) is 43.2 Å². The summed E-state index contributed by atoms with van der Waals surface area (Å²) in [5.41, 5.74) is 8.13. The SMILES string of the molecule is COC(=O)C1(c2cccc(CC3(N)CC3)c2)CC1. The minimum atomic E-state index is -0.365. The monoisotopic (exact) mass is 245 g/mol. The highest BCUT2D eigenvalue weighted by Crippen LogP contribution is 2.49. The summed E-state index contributed by atoms with van der Waals surface area (Å²) in [7, 11) is 1.46. The number of hydrogen-bond donors (Lipinski definition) is 1. The van der Waals surface area contributed by atoms with Gasteiger partial charge >= 0.3 is 5.97 Å². The van der Waals surface area contributed by atoms with Crippen molar-refractivity contribution in [2.75, 3.05) is 7.11 Å². The van der Waals surface area contributed by atoms with E-state index in [1.165, 1.54) is 12.7 Å². The molecular formula is C15H19NO2. The fourth-order valence-corrected chi connectivity index (χ4v) is 2.65. The smallest absolute Gasteiger partial charge is 0.316 e. The summed E-state index contributed by atoms with van der Waals surface area (Å²) in [6.45, 7) is 0. The van der Waals surface area contributed by atoms with Crippen molar-refractivity contribution in [2.24, 2.45) is 5.73 Å². The molecule has 0 aromatic heterocycles. The number of hydrogen-bond acceptors (Lipinski definition) is 3. The van der Waals surface area contributed by atoms with Crippen LogP contribution in [0.5, 0.6) is 0 Å². The van der Waals surface area contributed by atoms with E-state index in [2.05, 4.69) is 12.1 Å². The van der Waals surface area contributed by atoms with Gasteiger partial charge in [0.2, 0.25) is 0 Å². The third kappa shape index (κ3) is 1.93. The average Bonchev–Trinajstić information content (AvgIpc) is 3.26. The van der Waals surface area contributed by atoms with E-state index < -0.39 is 0 Å². The molecule has 1 aromatic carbocycles. The normalized spacial score (nSPS) is 22.3. The molecule has 2 aliphatic rings. The minimum Gasteiger partial charge on any atom is -0.468 e. The van der Waals surface area contributed by atoms with Crippen molar-refractivity contribution in [3.05, 3.63) is 35.4 Å². The van der Waals surface area contributed by atoms with Crippen molar-refractivity contribution in [2.45, 2.75) is 43.1 Å². The van der Waals surface area contributed by atoms with Crippen LogP contribution in [-0.4, -0.2) is 18.6 Å². The predicted molar refractivity (Wildman–Crippen MR) is 69.2 cm³/mol. The first-order valence-corrected chi connectivity index (χ1v) is 6.55. The molecule has 0 saturated heterocycles. The Balaban J connectivity index is 1.85. The van der Waals surface area contributed by atoms with Crippen molar-refractivity contribution in [3.63, 3.8) is 0 Å². The van der Waals surface area contributed by atoms with Gasteiger partial charge in [0, 0.05) is 5.54 Å². The highest BCUT2D eigenvalue weighted by atomic mass is 16.5. The van der Waals surface area contributed by atoms with E-state index in [0.717, 1.165) is 37.7 Å². The van der Waals surface area contributed by atoms with Crippen LogP contribution in [0.4, 0.5) is 0 Å². The Kier molecular flexibility index (Phi) is 2.49. The summed E-state index contributed by atoms with van der Waals surface area (Å²) in [5, 5.41) is 0. The first-order valence-electron chi connectivity index (χ1n) is 6.55. The molecule has 0 unspecified atom stereocenters. The molecule has 1 aromatic rings. The van der Waals surface area contributed by atoms with Gasteiger partial charge in [0.05, 0.1) is 12.5 Å². The summed E-state index contributed by atoms with van der Waals surface area (Å²) in [6, 6.07) is 8.30. The van der Waals surface area contributed by atoms with E-state index in [4.69, 9.17) is 10.5 Å². The highest BCUT2D eigenvalue weighted by molar-refractivity contribution is 5.86. The molecule has 0 heterocycles. The fourth-order valence-electron chi connectivity index (χ4n) is 2.65. The molecule has 2 fully saturated rings. The van der Waals surface area contributed by atoms with Crippen LogP contribution in [0.2, 0.25) is 0 Å². The molecular weight excluding hydrogens is 226 g/mol. The maximum atomic E-state index is 11.9. The van der Waals surface area contributed by atoms with Crippen molar-refractivity contribution in [1.82, 2.24) is 0 Å². The second-order valence-electron chi connectivity index (χ2n) is 5.81. The van der Waals surface area contributed by atoms with E-state index in [9.17, 15) is 4.79 Å². The molecule has 18 heavy (non-hydrogen) atoms. The summed E-state index contributed by atoms with van der Waals surface area (Å²) in [5.74, 6) is -0.103. The molecule has 0 spiro atoms. The van der Waals surface area contributed by atoms with Crippen molar-refractivity contribution >= 4 is 5.97 Å². The summed E-state index contributed by atoms with van der Waals surface area (Å²) in [6.07, 6.45) is 4.94. The second-order valence-corrected chi connectivity index (χ2v) is 5.81. The molecule has 3 heteroatoms. The maximum absolute atomic E-state index is 11.9. The first-order chi connectivity index (χ1) is 8.58. The van der Waals surface area contributed by atoms with Crippen LogP contribution < -0.4 is 5.73 Å². The number of benzene rings is 1. The molecule has 0 aliphatic heterocycles. The topological polar surface area (TPSA) is 52.3 Å². The van der Waals surface area contributed by atoms with E-state index >= 15 is 0 Å². The lowest BCUT2D eigenvalue weighted by atomic mass is 9.92. The van der Waals surface area contributed by atoms with E-state index in [1.54, 1.807) is 0 Å². The van der Waals surface area contributed by atoms with Crippen molar-refractivity contribution in [1.29, 1.82) is 0 Å². The lowest BCUT2D eigenvalue weighted by Gasteiger charge is -2.15. The first kappa shape index (κ1) is 11.7. The lowest BCUT2D eigenvalue weighted by molar-refractivity contribution is -0.143. The molecule has 96 valence electrons. The molecule has 0 amide bonds. The Labute approximate surface area is 107 Å². The van der Waals surface area contributed by atoms with Crippen molar-refractivity contribution < 1.29 is 9.53 Å². The van der Waals surface area contributed by atoms with Crippen LogP contribution in [0.15, 0.2) is 24.3 Å². The molecule has 0 atom stereocenters. The second kappa shape index (κ2) is 3.82. The Bertz CT molecular complexity index is 487. The number of carbonyl (C=O) groups is 1. The number of ether oxygens (including phenoxy) is 1. The predicted octanol–water partition coefficient (Wildman–Crippen LogP) is 1.92. The van der Waals surface area contributed by atoms with Crippen molar-refractivity contribution in [3.8, 4) is 0 Å². The van der Waals surface area contributed by atoms with Gasteiger partial charge in [0.15, 0.2) is 0 Å². The Morgan fingerprint density at radius 2 is 2.06 bits per heavy atom. The molecule has 2 aliphatic carbocycles. The molecule has 0 radical (unpaired) electrons. The number of methoxy groups -OCH3 is 1. The van der Waals surface area contributed by atoms with Gasteiger partial charge in [-0.2, -0.15) is 0 Å². The van der Waals surface area contributed by atoms with Gasteiger partial charge in [-0.25, -0.2) is 0 Å². The van der Waals surface area contributed by atoms with E-state index in [0.29, 0.717) is 0 Å². The summed E-state index contributed by atoms with van der Waals surface area (Å²) < 4.78 is 4.92. The van der Waals surface area contributed by atoms with Crippen LogP contribution in [0, 0.1) is 0 Å². The van der Waals surface area contributed by atoms with Crippen LogP contribution in [0.1, 0.15) is 36.8 Å². The Morgan fingerprint density at radius 3 is 2.61 bits per heavy atom. The standard InChI is InChI=1S/C15H19NO2/c1-18-13(17)15(7-8-15)12-4-2-3-11(9-12)10-14(16)5-6-14/h2-4,9H,5-8,10,16H2,1H3. The molecule has 2 N–H and O–H groups in total. The average molecular weight is 245 g/mol. The highest BCUT2D eigenvalue weighted by Gasteiger charge is 2.52. The van der Waals surface area contributed by atoms with Crippen LogP contribution in [0.25, 0.3) is 0 Å². The van der Waals surface area contributed by atoms with Gasteiger partial charge in [-0.3, -0.25) is 4.79 Å². The van der Waals surface area contributed by atoms with Crippen LogP contribution >= 0.6 is 0 Å². The zero-order valence-corrected chi connectivity index (χ0v) is 10.7.